The average molecular weight is 607 g/mol. The number of aliphatic hydroxyl groups excluding tert-OH is 2. The van der Waals surface area contributed by atoms with Crippen molar-refractivity contribution >= 4 is 39.0 Å². The molecule has 0 aliphatic carbocycles. The SMILES string of the molecule is Cc1cc(N2C(=O)N(c3cc(C)cc4ccccc34)[C@H](Cc3ccccc3)[C@H](O)[C@@H](O)[C@H]2Cc2ccccc2)c2ccccc2c1. The van der Waals surface area contributed by atoms with Gasteiger partial charge in [0.2, 0.25) is 0 Å². The molecule has 0 bridgehead atoms. The fourth-order valence-electron chi connectivity index (χ4n) is 7.13. The van der Waals surface area contributed by atoms with Gasteiger partial charge in [-0.15, -0.1) is 0 Å². The molecule has 2 amide bonds. The van der Waals surface area contributed by atoms with Crippen LogP contribution in [-0.2, 0) is 12.8 Å². The highest BCUT2D eigenvalue weighted by molar-refractivity contribution is 6.13. The van der Waals surface area contributed by atoms with Crippen LogP contribution in [0.5, 0.6) is 0 Å². The number of rotatable bonds is 6. The number of aryl methyl sites for hydroxylation is 2. The summed E-state index contributed by atoms with van der Waals surface area (Å²) < 4.78 is 0. The second kappa shape index (κ2) is 12.4. The van der Waals surface area contributed by atoms with Gasteiger partial charge in [-0.25, -0.2) is 4.79 Å². The standard InChI is InChI=1S/C41H38N2O3/c1-27-21-31-17-9-11-19-33(31)35(23-27)42-37(25-29-13-5-3-6-14-29)39(44)40(45)38(26-30-15-7-4-8-16-30)43(41(42)46)36-24-28(2)22-32-18-10-12-20-34(32)36/h3-24,37-40,44-45H,25-26H2,1-2H3/t37-,38-,39+,40+/m1/s1. The molecule has 5 heteroatoms. The van der Waals surface area contributed by atoms with Gasteiger partial charge in [0.15, 0.2) is 0 Å². The van der Waals surface area contributed by atoms with Gasteiger partial charge in [-0.3, -0.25) is 9.80 Å². The van der Waals surface area contributed by atoms with Gasteiger partial charge in [0.25, 0.3) is 0 Å². The molecule has 1 aliphatic heterocycles. The Morgan fingerprint density at radius 3 is 1.30 bits per heavy atom. The fraction of sp³-hybridized carbons (Fsp3) is 0.195. The number of amides is 2. The highest BCUT2D eigenvalue weighted by Gasteiger charge is 2.48. The van der Waals surface area contributed by atoms with Gasteiger partial charge in [-0.1, -0.05) is 121 Å². The topological polar surface area (TPSA) is 64.0 Å². The molecule has 0 aromatic heterocycles. The second-order valence-electron chi connectivity index (χ2n) is 12.5. The van der Waals surface area contributed by atoms with Crippen LogP contribution in [0.4, 0.5) is 16.2 Å². The Balaban J connectivity index is 1.50. The number of carbonyl (C=O) groups excluding carboxylic acids is 1. The quantitative estimate of drug-likeness (QED) is 0.202. The Morgan fingerprint density at radius 1 is 0.522 bits per heavy atom. The molecule has 0 unspecified atom stereocenters. The molecule has 1 saturated heterocycles. The van der Waals surface area contributed by atoms with Crippen LogP contribution in [0.1, 0.15) is 22.3 Å². The summed E-state index contributed by atoms with van der Waals surface area (Å²) in [6.07, 6.45) is -1.74. The maximum absolute atomic E-state index is 15.6. The molecular formula is C41H38N2O3. The van der Waals surface area contributed by atoms with E-state index in [-0.39, 0.29) is 6.03 Å². The molecular weight excluding hydrogens is 568 g/mol. The molecule has 6 aromatic rings. The van der Waals surface area contributed by atoms with Crippen molar-refractivity contribution in [2.45, 2.75) is 51.0 Å². The smallest absolute Gasteiger partial charge is 0.329 e. The summed E-state index contributed by atoms with van der Waals surface area (Å²) in [5.41, 5.74) is 5.40. The Kier molecular flexibility index (Phi) is 8.03. The summed E-state index contributed by atoms with van der Waals surface area (Å²) in [7, 11) is 0. The summed E-state index contributed by atoms with van der Waals surface area (Å²) in [5.74, 6) is 0. The lowest BCUT2D eigenvalue weighted by Crippen LogP contribution is -2.52. The summed E-state index contributed by atoms with van der Waals surface area (Å²) in [6.45, 7) is 4.06. The number of nitrogens with zero attached hydrogens (tertiary/aromatic N) is 2. The number of hydrogen-bond donors (Lipinski definition) is 2. The fourth-order valence-corrected chi connectivity index (χ4v) is 7.13. The number of anilines is 2. The van der Waals surface area contributed by atoms with Crippen LogP contribution >= 0.6 is 0 Å². The molecule has 46 heavy (non-hydrogen) atoms. The summed E-state index contributed by atoms with van der Waals surface area (Å²) in [5, 5.41) is 28.4. The highest BCUT2D eigenvalue weighted by atomic mass is 16.3. The van der Waals surface area contributed by atoms with E-state index in [2.05, 4.69) is 24.3 Å². The van der Waals surface area contributed by atoms with E-state index in [4.69, 9.17) is 0 Å². The molecule has 6 aromatic carbocycles. The number of hydrogen-bond acceptors (Lipinski definition) is 3. The lowest BCUT2D eigenvalue weighted by atomic mass is 9.90. The minimum Gasteiger partial charge on any atom is -0.388 e. The van der Waals surface area contributed by atoms with Crippen molar-refractivity contribution in [3.63, 3.8) is 0 Å². The van der Waals surface area contributed by atoms with Crippen LogP contribution in [0.2, 0.25) is 0 Å². The third kappa shape index (κ3) is 5.53. The second-order valence-corrected chi connectivity index (χ2v) is 12.5. The molecule has 0 spiro atoms. The van der Waals surface area contributed by atoms with Crippen molar-refractivity contribution in [2.24, 2.45) is 0 Å². The lowest BCUT2D eigenvalue weighted by molar-refractivity contribution is -0.00478. The molecule has 1 aliphatic rings. The molecule has 2 N–H and O–H groups in total. The maximum atomic E-state index is 15.6. The molecule has 1 fully saturated rings. The van der Waals surface area contributed by atoms with E-state index in [9.17, 15) is 10.2 Å². The highest BCUT2D eigenvalue weighted by Crippen LogP contribution is 2.40. The first-order valence-electron chi connectivity index (χ1n) is 15.9. The molecule has 0 radical (unpaired) electrons. The van der Waals surface area contributed by atoms with Gasteiger partial charge in [-0.2, -0.15) is 0 Å². The minimum absolute atomic E-state index is 0.274. The molecule has 230 valence electrons. The number of benzene rings is 6. The Bertz CT molecular complexity index is 1870. The van der Waals surface area contributed by atoms with Gasteiger partial charge >= 0.3 is 6.03 Å². The van der Waals surface area contributed by atoms with Gasteiger partial charge in [0.05, 0.1) is 23.5 Å². The van der Waals surface area contributed by atoms with Crippen molar-refractivity contribution in [1.29, 1.82) is 0 Å². The predicted molar refractivity (Wildman–Crippen MR) is 188 cm³/mol. The van der Waals surface area contributed by atoms with E-state index in [1.165, 1.54) is 0 Å². The Labute approximate surface area is 270 Å². The van der Waals surface area contributed by atoms with Gasteiger partial charge in [0.1, 0.15) is 12.2 Å². The number of fused-ring (bicyclic) bond motifs is 2. The zero-order valence-electron chi connectivity index (χ0n) is 26.1. The zero-order chi connectivity index (χ0) is 31.8. The Morgan fingerprint density at radius 2 is 0.891 bits per heavy atom. The van der Waals surface area contributed by atoms with Crippen molar-refractivity contribution in [2.75, 3.05) is 9.80 Å². The first kappa shape index (κ1) is 29.7. The summed E-state index contributed by atoms with van der Waals surface area (Å²) in [6, 6.07) is 42.4. The van der Waals surface area contributed by atoms with E-state index in [0.717, 1.165) is 55.2 Å². The van der Waals surface area contributed by atoms with Crippen molar-refractivity contribution in [1.82, 2.24) is 0 Å². The van der Waals surface area contributed by atoms with E-state index in [0.29, 0.717) is 12.8 Å². The van der Waals surface area contributed by atoms with E-state index in [1.807, 2.05) is 123 Å². The van der Waals surface area contributed by atoms with Crippen molar-refractivity contribution < 1.29 is 15.0 Å². The number of carbonyl (C=O) groups is 1. The predicted octanol–water partition coefficient (Wildman–Crippen LogP) is 8.00. The first-order valence-corrected chi connectivity index (χ1v) is 15.9. The molecule has 1 heterocycles. The maximum Gasteiger partial charge on any atom is 0.329 e. The van der Waals surface area contributed by atoms with E-state index in [1.54, 1.807) is 9.80 Å². The average Bonchev–Trinajstić information content (AvgIpc) is 3.14. The van der Waals surface area contributed by atoms with E-state index >= 15 is 4.79 Å². The normalized spacial score (nSPS) is 20.3. The van der Waals surface area contributed by atoms with Crippen LogP contribution in [0.3, 0.4) is 0 Å². The summed E-state index contributed by atoms with van der Waals surface area (Å²) in [4.78, 5) is 19.1. The molecule has 7 rings (SSSR count). The molecule has 4 atom stereocenters. The minimum atomic E-state index is -1.24. The zero-order valence-corrected chi connectivity index (χ0v) is 26.1. The van der Waals surface area contributed by atoms with Crippen LogP contribution in [0.15, 0.2) is 133 Å². The van der Waals surface area contributed by atoms with Crippen molar-refractivity contribution in [3.8, 4) is 0 Å². The number of urea groups is 1. The monoisotopic (exact) mass is 606 g/mol. The largest absolute Gasteiger partial charge is 0.388 e. The number of aliphatic hydroxyl groups is 2. The van der Waals surface area contributed by atoms with E-state index < -0.39 is 24.3 Å². The third-order valence-corrected chi connectivity index (χ3v) is 9.28. The van der Waals surface area contributed by atoms with Gasteiger partial charge in [-0.05, 0) is 71.8 Å². The van der Waals surface area contributed by atoms with Gasteiger partial charge in [0, 0.05) is 10.8 Å². The van der Waals surface area contributed by atoms with Crippen molar-refractivity contribution in [3.05, 3.63) is 156 Å². The third-order valence-electron chi connectivity index (χ3n) is 9.28. The molecule has 5 nitrogen and oxygen atoms in total. The van der Waals surface area contributed by atoms with Crippen LogP contribution in [-0.4, -0.2) is 40.5 Å². The first-order chi connectivity index (χ1) is 22.4. The Hall–Kier alpha value is -4.97. The van der Waals surface area contributed by atoms with Gasteiger partial charge < -0.3 is 10.2 Å². The van der Waals surface area contributed by atoms with Crippen LogP contribution in [0.25, 0.3) is 21.5 Å². The van der Waals surface area contributed by atoms with Crippen LogP contribution < -0.4 is 9.80 Å². The van der Waals surface area contributed by atoms with Crippen LogP contribution in [0, 0.1) is 13.8 Å². The lowest BCUT2D eigenvalue weighted by Gasteiger charge is -2.37. The summed E-state index contributed by atoms with van der Waals surface area (Å²) >= 11 is 0. The molecule has 0 saturated carbocycles.